The van der Waals surface area contributed by atoms with E-state index in [2.05, 4.69) is 20.2 Å². The molecule has 124 valence electrons. The lowest BCUT2D eigenvalue weighted by Crippen LogP contribution is -2.45. The second-order valence-corrected chi connectivity index (χ2v) is 6.57. The van der Waals surface area contributed by atoms with Crippen LogP contribution in [0.3, 0.4) is 0 Å². The fraction of sp³-hybridized carbons (Fsp3) is 0.733. The lowest BCUT2D eigenvalue weighted by molar-refractivity contribution is -0.146. The van der Waals surface area contributed by atoms with E-state index in [0.29, 0.717) is 18.1 Å². The molecule has 0 saturated carbocycles. The molecule has 1 aromatic heterocycles. The Kier molecular flexibility index (Phi) is 6.08. The maximum atomic E-state index is 11.9. The highest BCUT2D eigenvalue weighted by Gasteiger charge is 2.25. The maximum absolute atomic E-state index is 11.9. The van der Waals surface area contributed by atoms with Gasteiger partial charge in [-0.2, -0.15) is 4.98 Å². The molecule has 22 heavy (non-hydrogen) atoms. The number of aryl methyl sites for hydroxylation is 1. The van der Waals surface area contributed by atoms with Gasteiger partial charge in [0, 0.05) is 18.3 Å². The molecule has 1 aromatic rings. The highest BCUT2D eigenvalue weighted by Crippen LogP contribution is 2.18. The van der Waals surface area contributed by atoms with Gasteiger partial charge in [0.05, 0.1) is 7.11 Å². The van der Waals surface area contributed by atoms with Crippen LogP contribution in [0.15, 0.2) is 4.52 Å². The molecule has 1 atom stereocenters. The van der Waals surface area contributed by atoms with Crippen molar-refractivity contribution in [3.63, 3.8) is 0 Å². The summed E-state index contributed by atoms with van der Waals surface area (Å²) in [6.07, 6.45) is 0.507. The van der Waals surface area contributed by atoms with Crippen molar-refractivity contribution in [3.05, 3.63) is 11.7 Å². The van der Waals surface area contributed by atoms with E-state index in [1.165, 1.54) is 7.11 Å². The van der Waals surface area contributed by atoms with Crippen molar-refractivity contribution in [2.45, 2.75) is 58.9 Å². The molecule has 0 aliphatic carbocycles. The number of carbonyl (C=O) groups excluding carboxylic acids is 2. The molecule has 1 N–H and O–H groups in total. The van der Waals surface area contributed by atoms with Crippen molar-refractivity contribution in [2.24, 2.45) is 5.92 Å². The first kappa shape index (κ1) is 18.1. The molecule has 0 fully saturated rings. The SMILES string of the molecule is COC(=O)C(NC(=O)CCc1nc(C(C)(C)C)no1)C(C)C. The van der Waals surface area contributed by atoms with Crippen LogP contribution in [0.1, 0.15) is 52.8 Å². The Bertz CT molecular complexity index is 517. The minimum atomic E-state index is -0.648. The number of methoxy groups -OCH3 is 1. The molecule has 0 aromatic carbocycles. The van der Waals surface area contributed by atoms with E-state index in [0.717, 1.165) is 0 Å². The van der Waals surface area contributed by atoms with E-state index in [-0.39, 0.29) is 23.7 Å². The van der Waals surface area contributed by atoms with E-state index in [1.807, 2.05) is 34.6 Å². The third-order valence-electron chi connectivity index (χ3n) is 3.14. The number of nitrogens with one attached hydrogen (secondary N) is 1. The van der Waals surface area contributed by atoms with Crippen molar-refractivity contribution >= 4 is 11.9 Å². The number of esters is 1. The average molecular weight is 311 g/mol. The average Bonchev–Trinajstić information content (AvgIpc) is 2.90. The van der Waals surface area contributed by atoms with Crippen LogP contribution in [0.4, 0.5) is 0 Å². The predicted octanol–water partition coefficient (Wildman–Crippen LogP) is 1.61. The Morgan fingerprint density at radius 1 is 1.32 bits per heavy atom. The van der Waals surface area contributed by atoms with Gasteiger partial charge in [0.15, 0.2) is 5.82 Å². The molecule has 0 aliphatic heterocycles. The summed E-state index contributed by atoms with van der Waals surface area (Å²) >= 11 is 0. The molecule has 1 rings (SSSR count). The van der Waals surface area contributed by atoms with E-state index in [9.17, 15) is 9.59 Å². The third kappa shape index (κ3) is 5.13. The normalized spacial score (nSPS) is 13.0. The number of hydrogen-bond donors (Lipinski definition) is 1. The minimum absolute atomic E-state index is 0.0488. The zero-order chi connectivity index (χ0) is 16.9. The molecule has 0 saturated heterocycles. The number of carbonyl (C=O) groups is 2. The van der Waals surface area contributed by atoms with Crippen LogP contribution in [0.2, 0.25) is 0 Å². The topological polar surface area (TPSA) is 94.3 Å². The molecule has 7 nitrogen and oxygen atoms in total. The quantitative estimate of drug-likeness (QED) is 0.802. The first-order valence-electron chi connectivity index (χ1n) is 7.35. The lowest BCUT2D eigenvalue weighted by atomic mass is 9.96. The zero-order valence-corrected chi connectivity index (χ0v) is 14.1. The second kappa shape index (κ2) is 7.38. The van der Waals surface area contributed by atoms with Gasteiger partial charge in [0.25, 0.3) is 0 Å². The molecule has 0 aliphatic rings. The molecule has 1 unspecified atom stereocenters. The van der Waals surface area contributed by atoms with E-state index < -0.39 is 12.0 Å². The monoisotopic (exact) mass is 311 g/mol. The van der Waals surface area contributed by atoms with Crippen molar-refractivity contribution < 1.29 is 18.8 Å². The molecule has 0 bridgehead atoms. The van der Waals surface area contributed by atoms with Crippen LogP contribution in [0.5, 0.6) is 0 Å². The standard InChI is InChI=1S/C15H25N3O4/c1-9(2)12(13(20)21-6)16-10(19)7-8-11-17-14(18-22-11)15(3,4)5/h9,12H,7-8H2,1-6H3,(H,16,19). The highest BCUT2D eigenvalue weighted by atomic mass is 16.5. The lowest BCUT2D eigenvalue weighted by Gasteiger charge is -2.19. The molecular formula is C15H25N3O4. The molecule has 7 heteroatoms. The van der Waals surface area contributed by atoms with Gasteiger partial charge >= 0.3 is 5.97 Å². The van der Waals surface area contributed by atoms with Gasteiger partial charge in [-0.3, -0.25) is 4.79 Å². The van der Waals surface area contributed by atoms with Gasteiger partial charge in [-0.1, -0.05) is 39.8 Å². The Labute approximate surface area is 130 Å². The number of amides is 1. The summed E-state index contributed by atoms with van der Waals surface area (Å²) in [6.45, 7) is 9.64. The summed E-state index contributed by atoms with van der Waals surface area (Å²) in [5.74, 6) is 0.278. The predicted molar refractivity (Wildman–Crippen MR) is 80.1 cm³/mol. The van der Waals surface area contributed by atoms with Crippen molar-refractivity contribution in [1.82, 2.24) is 15.5 Å². The Balaban J connectivity index is 2.55. The van der Waals surface area contributed by atoms with Gasteiger partial charge in [0.2, 0.25) is 11.8 Å². The fourth-order valence-electron chi connectivity index (χ4n) is 1.75. The Morgan fingerprint density at radius 3 is 2.41 bits per heavy atom. The summed E-state index contributed by atoms with van der Waals surface area (Å²) in [5.41, 5.74) is -0.197. The van der Waals surface area contributed by atoms with Gasteiger partial charge in [-0.05, 0) is 5.92 Å². The van der Waals surface area contributed by atoms with Crippen molar-refractivity contribution in [2.75, 3.05) is 7.11 Å². The van der Waals surface area contributed by atoms with Gasteiger partial charge in [-0.25, -0.2) is 4.79 Å². The number of rotatable bonds is 6. The van der Waals surface area contributed by atoms with Crippen LogP contribution in [-0.4, -0.2) is 35.2 Å². The zero-order valence-electron chi connectivity index (χ0n) is 14.1. The summed E-state index contributed by atoms with van der Waals surface area (Å²) in [4.78, 5) is 27.8. The van der Waals surface area contributed by atoms with Gasteiger partial charge in [0.1, 0.15) is 6.04 Å². The van der Waals surface area contributed by atoms with Gasteiger partial charge < -0.3 is 14.6 Å². The molecule has 1 heterocycles. The van der Waals surface area contributed by atoms with E-state index in [1.54, 1.807) is 0 Å². The highest BCUT2D eigenvalue weighted by molar-refractivity contribution is 5.84. The summed E-state index contributed by atoms with van der Waals surface area (Å²) in [7, 11) is 1.30. The number of ether oxygens (including phenoxy) is 1. The third-order valence-corrected chi connectivity index (χ3v) is 3.14. The van der Waals surface area contributed by atoms with Crippen LogP contribution >= 0.6 is 0 Å². The summed E-state index contributed by atoms with van der Waals surface area (Å²) in [6, 6.07) is -0.648. The number of hydrogen-bond acceptors (Lipinski definition) is 6. The van der Waals surface area contributed by atoms with Gasteiger partial charge in [-0.15, -0.1) is 0 Å². The van der Waals surface area contributed by atoms with Crippen molar-refractivity contribution in [3.8, 4) is 0 Å². The first-order valence-corrected chi connectivity index (χ1v) is 7.35. The van der Waals surface area contributed by atoms with Crippen LogP contribution < -0.4 is 5.32 Å². The molecule has 1 amide bonds. The fourth-order valence-corrected chi connectivity index (χ4v) is 1.75. The first-order chi connectivity index (χ1) is 10.1. The second-order valence-electron chi connectivity index (χ2n) is 6.57. The molecule has 0 spiro atoms. The Hall–Kier alpha value is -1.92. The van der Waals surface area contributed by atoms with E-state index >= 15 is 0 Å². The maximum Gasteiger partial charge on any atom is 0.328 e. The summed E-state index contributed by atoms with van der Waals surface area (Å²) < 4.78 is 9.81. The van der Waals surface area contributed by atoms with Crippen molar-refractivity contribution in [1.29, 1.82) is 0 Å². The minimum Gasteiger partial charge on any atom is -0.467 e. The number of aromatic nitrogens is 2. The van der Waals surface area contributed by atoms with Crippen LogP contribution in [0, 0.1) is 5.92 Å². The van der Waals surface area contributed by atoms with E-state index in [4.69, 9.17) is 4.52 Å². The number of nitrogens with zero attached hydrogens (tertiary/aromatic N) is 2. The van der Waals surface area contributed by atoms with Crippen LogP contribution in [0.25, 0.3) is 0 Å². The molecule has 0 radical (unpaired) electrons. The largest absolute Gasteiger partial charge is 0.467 e. The summed E-state index contributed by atoms with van der Waals surface area (Å²) in [5, 5.41) is 6.58. The Morgan fingerprint density at radius 2 is 1.95 bits per heavy atom. The smallest absolute Gasteiger partial charge is 0.328 e. The molecular weight excluding hydrogens is 286 g/mol. The van der Waals surface area contributed by atoms with Crippen LogP contribution in [-0.2, 0) is 26.2 Å².